The molecule has 1 aromatic rings. The molecule has 21 heavy (non-hydrogen) atoms. The minimum Gasteiger partial charge on any atom is -0.398 e. The zero-order valence-electron chi connectivity index (χ0n) is 13.7. The number of rotatable bonds is 7. The topological polar surface area (TPSA) is 54.2 Å². The molecule has 118 valence electrons. The van der Waals surface area contributed by atoms with Crippen molar-refractivity contribution in [3.05, 3.63) is 24.0 Å². The number of likely N-dealkylation sites (tertiary alicyclic amines) is 1. The van der Waals surface area contributed by atoms with Crippen molar-refractivity contribution < 1.29 is 0 Å². The summed E-state index contributed by atoms with van der Waals surface area (Å²) in [4.78, 5) is 6.94. The lowest BCUT2D eigenvalue weighted by Crippen LogP contribution is -2.53. The van der Waals surface area contributed by atoms with Crippen molar-refractivity contribution in [1.82, 2.24) is 15.2 Å². The molecule has 1 saturated heterocycles. The first-order valence-corrected chi connectivity index (χ1v) is 8.31. The van der Waals surface area contributed by atoms with Gasteiger partial charge in [0.2, 0.25) is 0 Å². The zero-order chi connectivity index (χ0) is 15.3. The summed E-state index contributed by atoms with van der Waals surface area (Å²) in [5, 5.41) is 3.73. The van der Waals surface area contributed by atoms with Crippen LogP contribution in [0.2, 0.25) is 0 Å². The Hall–Kier alpha value is -1.13. The molecule has 3 N–H and O–H groups in total. The maximum absolute atomic E-state index is 6.24. The number of hydrogen-bond acceptors (Lipinski definition) is 4. The lowest BCUT2D eigenvalue weighted by molar-refractivity contribution is 0.0841. The normalized spacial score (nSPS) is 20.3. The van der Waals surface area contributed by atoms with Crippen LogP contribution in [0.4, 0.5) is 5.69 Å². The van der Waals surface area contributed by atoms with E-state index in [9.17, 15) is 0 Å². The van der Waals surface area contributed by atoms with Gasteiger partial charge in [-0.1, -0.05) is 13.8 Å². The summed E-state index contributed by atoms with van der Waals surface area (Å²) in [5.41, 5.74) is 8.32. The molecule has 2 heterocycles. The van der Waals surface area contributed by atoms with Crippen LogP contribution in [-0.2, 0) is 0 Å². The van der Waals surface area contributed by atoms with Gasteiger partial charge in [0, 0.05) is 29.2 Å². The van der Waals surface area contributed by atoms with E-state index in [-0.39, 0.29) is 11.6 Å². The van der Waals surface area contributed by atoms with Crippen LogP contribution in [0.5, 0.6) is 0 Å². The summed E-state index contributed by atoms with van der Waals surface area (Å²) in [6, 6.07) is 2.14. The van der Waals surface area contributed by atoms with Crippen molar-refractivity contribution in [2.24, 2.45) is 0 Å². The van der Waals surface area contributed by atoms with Gasteiger partial charge < -0.3 is 11.1 Å². The summed E-state index contributed by atoms with van der Waals surface area (Å²) in [6.45, 7) is 10.2. The van der Waals surface area contributed by atoms with Crippen molar-refractivity contribution in [1.29, 1.82) is 0 Å². The Morgan fingerprint density at radius 1 is 1.38 bits per heavy atom. The van der Waals surface area contributed by atoms with E-state index in [4.69, 9.17) is 5.73 Å². The van der Waals surface area contributed by atoms with E-state index in [1.807, 2.05) is 12.3 Å². The van der Waals surface area contributed by atoms with E-state index in [2.05, 4.69) is 36.0 Å². The van der Waals surface area contributed by atoms with E-state index in [0.717, 1.165) is 30.6 Å². The van der Waals surface area contributed by atoms with E-state index < -0.39 is 0 Å². The van der Waals surface area contributed by atoms with E-state index >= 15 is 0 Å². The number of nitrogens with one attached hydrogen (secondary N) is 1. The van der Waals surface area contributed by atoms with Crippen LogP contribution in [0.1, 0.15) is 58.1 Å². The van der Waals surface area contributed by atoms with Crippen molar-refractivity contribution in [2.75, 3.05) is 25.4 Å². The van der Waals surface area contributed by atoms with Crippen LogP contribution in [0.15, 0.2) is 18.5 Å². The highest BCUT2D eigenvalue weighted by atomic mass is 15.2. The number of aromatic nitrogens is 1. The minimum absolute atomic E-state index is 0.0861. The van der Waals surface area contributed by atoms with Gasteiger partial charge in [-0.2, -0.15) is 0 Å². The molecule has 0 bridgehead atoms. The molecular formula is C17H30N4. The molecule has 4 nitrogen and oxygen atoms in total. The molecule has 2 rings (SSSR count). The van der Waals surface area contributed by atoms with Crippen molar-refractivity contribution >= 4 is 5.69 Å². The first kappa shape index (κ1) is 16.2. The van der Waals surface area contributed by atoms with Gasteiger partial charge in [0.15, 0.2) is 0 Å². The van der Waals surface area contributed by atoms with Gasteiger partial charge in [-0.3, -0.25) is 9.88 Å². The number of hydrogen-bond donors (Lipinski definition) is 2. The summed E-state index contributed by atoms with van der Waals surface area (Å²) in [6.07, 6.45) is 8.54. The fraction of sp³-hybridized carbons (Fsp3) is 0.706. The third-order valence-electron chi connectivity index (χ3n) is 4.96. The van der Waals surface area contributed by atoms with Crippen LogP contribution < -0.4 is 11.1 Å². The number of nitrogens with zero attached hydrogens (tertiary/aromatic N) is 2. The molecule has 2 unspecified atom stereocenters. The van der Waals surface area contributed by atoms with Gasteiger partial charge in [0.05, 0.1) is 6.04 Å². The average Bonchev–Trinajstić information content (AvgIpc) is 3.03. The molecule has 1 aliphatic heterocycles. The van der Waals surface area contributed by atoms with Crippen molar-refractivity contribution in [2.45, 2.75) is 58.0 Å². The highest BCUT2D eigenvalue weighted by molar-refractivity contribution is 5.47. The van der Waals surface area contributed by atoms with Crippen LogP contribution in [0.3, 0.4) is 0 Å². The summed E-state index contributed by atoms with van der Waals surface area (Å²) in [7, 11) is 0. The second-order valence-electron chi connectivity index (χ2n) is 6.30. The van der Waals surface area contributed by atoms with Gasteiger partial charge in [-0.05, 0) is 58.3 Å². The van der Waals surface area contributed by atoms with E-state index in [1.54, 1.807) is 6.20 Å². The fourth-order valence-corrected chi connectivity index (χ4v) is 3.45. The highest BCUT2D eigenvalue weighted by Gasteiger charge is 2.40. The summed E-state index contributed by atoms with van der Waals surface area (Å²) >= 11 is 0. The van der Waals surface area contributed by atoms with Gasteiger partial charge in [-0.15, -0.1) is 0 Å². The average molecular weight is 290 g/mol. The Morgan fingerprint density at radius 3 is 2.67 bits per heavy atom. The number of nitrogens with two attached hydrogens (primary N) is 1. The standard InChI is InChI=1S/C17H30N4/c1-4-9-20-16(14-13-19-10-8-15(14)18)17(3,5-2)21-11-6-7-12-21/h8,10,13,16,20H,4-7,9,11-12H2,1-3H3,(H2,18,19). The molecule has 1 aromatic heterocycles. The van der Waals surface area contributed by atoms with Gasteiger partial charge in [0.1, 0.15) is 0 Å². The SMILES string of the molecule is CCCNC(c1cnccc1N)C(C)(CC)N1CCCC1. The molecule has 0 radical (unpaired) electrons. The maximum Gasteiger partial charge on any atom is 0.0540 e. The Labute approximate surface area is 129 Å². The van der Waals surface area contributed by atoms with Crippen LogP contribution in [-0.4, -0.2) is 35.1 Å². The largest absolute Gasteiger partial charge is 0.398 e. The predicted octanol–water partition coefficient (Wildman–Crippen LogP) is 2.97. The second-order valence-corrected chi connectivity index (χ2v) is 6.30. The first-order chi connectivity index (χ1) is 10.1. The predicted molar refractivity (Wildman–Crippen MR) is 89.2 cm³/mol. The second kappa shape index (κ2) is 7.23. The molecular weight excluding hydrogens is 260 g/mol. The van der Waals surface area contributed by atoms with E-state index in [1.165, 1.54) is 25.9 Å². The Balaban J connectivity index is 2.35. The summed E-state index contributed by atoms with van der Waals surface area (Å²) < 4.78 is 0. The Bertz CT molecular complexity index is 442. The van der Waals surface area contributed by atoms with Gasteiger partial charge >= 0.3 is 0 Å². The molecule has 2 atom stereocenters. The number of anilines is 1. The minimum atomic E-state index is 0.0861. The highest BCUT2D eigenvalue weighted by Crippen LogP contribution is 2.38. The molecule has 0 aromatic carbocycles. The first-order valence-electron chi connectivity index (χ1n) is 8.31. The molecule has 0 saturated carbocycles. The fourth-order valence-electron chi connectivity index (χ4n) is 3.45. The molecule has 0 aliphatic carbocycles. The quantitative estimate of drug-likeness (QED) is 0.810. The Morgan fingerprint density at radius 2 is 2.10 bits per heavy atom. The van der Waals surface area contributed by atoms with Crippen molar-refractivity contribution in [3.63, 3.8) is 0 Å². The maximum atomic E-state index is 6.24. The molecule has 1 aliphatic rings. The third-order valence-corrected chi connectivity index (χ3v) is 4.96. The Kier molecular flexibility index (Phi) is 5.59. The smallest absolute Gasteiger partial charge is 0.0540 e. The van der Waals surface area contributed by atoms with E-state index in [0.29, 0.717) is 0 Å². The zero-order valence-corrected chi connectivity index (χ0v) is 13.7. The molecule has 0 amide bonds. The van der Waals surface area contributed by atoms with Crippen LogP contribution in [0, 0.1) is 0 Å². The molecule has 0 spiro atoms. The number of nitrogen functional groups attached to an aromatic ring is 1. The molecule has 4 heteroatoms. The van der Waals surface area contributed by atoms with Gasteiger partial charge in [0.25, 0.3) is 0 Å². The lowest BCUT2D eigenvalue weighted by Gasteiger charge is -2.45. The van der Waals surface area contributed by atoms with Crippen LogP contribution in [0.25, 0.3) is 0 Å². The van der Waals surface area contributed by atoms with Crippen LogP contribution >= 0.6 is 0 Å². The van der Waals surface area contributed by atoms with Crippen molar-refractivity contribution in [3.8, 4) is 0 Å². The van der Waals surface area contributed by atoms with Gasteiger partial charge in [-0.25, -0.2) is 0 Å². The third kappa shape index (κ3) is 3.38. The lowest BCUT2D eigenvalue weighted by atomic mass is 9.83. The molecule has 1 fully saturated rings. The monoisotopic (exact) mass is 290 g/mol. The number of pyridine rings is 1. The summed E-state index contributed by atoms with van der Waals surface area (Å²) in [5.74, 6) is 0.